The Morgan fingerprint density at radius 1 is 1.52 bits per heavy atom. The molecule has 2 N–H and O–H groups in total. The van der Waals surface area contributed by atoms with Crippen LogP contribution in [0.4, 0.5) is 5.82 Å². The number of esters is 2. The van der Waals surface area contributed by atoms with Gasteiger partial charge in [-0.1, -0.05) is 5.92 Å². The van der Waals surface area contributed by atoms with Gasteiger partial charge in [-0.15, -0.1) is 6.42 Å². The molecule has 1 aliphatic rings. The third kappa shape index (κ3) is 4.34. The van der Waals surface area contributed by atoms with Gasteiger partial charge in [-0.3, -0.25) is 24.8 Å². The summed E-state index contributed by atoms with van der Waals surface area (Å²) in [6, 6.07) is 0. The van der Waals surface area contributed by atoms with Gasteiger partial charge in [0.05, 0.1) is 11.7 Å². The summed E-state index contributed by atoms with van der Waals surface area (Å²) in [6.07, 6.45) is 4.43. The Morgan fingerprint density at radius 3 is 2.80 bits per heavy atom. The van der Waals surface area contributed by atoms with Crippen molar-refractivity contribution in [3.05, 3.63) is 22.2 Å². The van der Waals surface area contributed by atoms with Crippen LogP contribution in [0.2, 0.25) is 0 Å². The molecule has 0 aliphatic carbocycles. The first kappa shape index (κ1) is 18.4. The van der Waals surface area contributed by atoms with E-state index in [0.717, 1.165) is 4.57 Å². The molecule has 0 amide bonds. The first-order chi connectivity index (χ1) is 11.8. The van der Waals surface area contributed by atoms with Crippen molar-refractivity contribution in [2.24, 2.45) is 0 Å². The Kier molecular flexibility index (Phi) is 5.74. The Bertz CT molecular complexity index is 767. The van der Waals surface area contributed by atoms with E-state index in [4.69, 9.17) is 25.8 Å². The number of hydrogen-bond donors (Lipinski definition) is 2. The van der Waals surface area contributed by atoms with Crippen molar-refractivity contribution in [3.8, 4) is 12.3 Å². The van der Waals surface area contributed by atoms with Gasteiger partial charge >= 0.3 is 17.6 Å². The monoisotopic (exact) mass is 351 g/mol. The molecule has 2 rings (SSSR count). The fourth-order valence-electron chi connectivity index (χ4n) is 2.44. The van der Waals surface area contributed by atoms with Crippen molar-refractivity contribution >= 4 is 17.8 Å². The molecule has 1 aliphatic heterocycles. The van der Waals surface area contributed by atoms with E-state index in [-0.39, 0.29) is 24.4 Å². The number of carbonyl (C=O) groups is 2. The van der Waals surface area contributed by atoms with E-state index in [9.17, 15) is 14.4 Å². The van der Waals surface area contributed by atoms with E-state index < -0.39 is 36.1 Å². The Labute approximate surface area is 142 Å². The number of nitrogens with zero attached hydrogens (tertiary/aromatic N) is 2. The Hall–Kier alpha value is -2.90. The van der Waals surface area contributed by atoms with Gasteiger partial charge in [-0.25, -0.2) is 4.79 Å². The third-order valence-electron chi connectivity index (χ3n) is 3.42. The van der Waals surface area contributed by atoms with Crippen molar-refractivity contribution < 1.29 is 29.0 Å². The zero-order valence-corrected chi connectivity index (χ0v) is 13.6. The molecule has 0 bridgehead atoms. The largest absolute Gasteiger partial charge is 0.463 e. The third-order valence-corrected chi connectivity index (χ3v) is 3.42. The molecule has 1 aromatic heterocycles. The molecule has 1 saturated heterocycles. The summed E-state index contributed by atoms with van der Waals surface area (Å²) in [7, 11) is 0. The normalized spacial score (nSPS) is 22.1. The van der Waals surface area contributed by atoms with E-state index in [1.54, 1.807) is 5.48 Å². The second-order valence-electron chi connectivity index (χ2n) is 5.28. The number of aromatic nitrogens is 2. The lowest BCUT2D eigenvalue weighted by Gasteiger charge is -2.20. The van der Waals surface area contributed by atoms with Gasteiger partial charge in [-0.2, -0.15) is 4.98 Å². The topological polar surface area (TPSA) is 129 Å². The standard InChI is InChI=1S/C15H17N3O7/c1-4-10-6-18(15(21)16-13(10)17-22)14-12(24-9(3)20)5-11(25-14)7-23-8(2)19/h1,6,11-12,14,22H,5,7H2,2-3H3,(H,16,17,21)/t11-,12+,14+/m0/s1. The molecule has 1 fully saturated rings. The number of carbonyl (C=O) groups excluding carboxylic acids is 2. The summed E-state index contributed by atoms with van der Waals surface area (Å²) >= 11 is 0. The quantitative estimate of drug-likeness (QED) is 0.421. The molecule has 0 aromatic carbocycles. The van der Waals surface area contributed by atoms with Crippen LogP contribution >= 0.6 is 0 Å². The minimum Gasteiger partial charge on any atom is -0.463 e. The van der Waals surface area contributed by atoms with Gasteiger partial charge in [-0.05, 0) is 0 Å². The second-order valence-corrected chi connectivity index (χ2v) is 5.28. The molecule has 1 aromatic rings. The molecule has 3 atom stereocenters. The highest BCUT2D eigenvalue weighted by Gasteiger charge is 2.40. The molecule has 0 unspecified atom stereocenters. The van der Waals surface area contributed by atoms with E-state index in [1.165, 1.54) is 20.0 Å². The molecular weight excluding hydrogens is 334 g/mol. The fraction of sp³-hybridized carbons (Fsp3) is 0.467. The first-order valence-electron chi connectivity index (χ1n) is 7.31. The molecular formula is C15H17N3O7. The number of nitrogens with one attached hydrogen (secondary N) is 1. The second kappa shape index (κ2) is 7.78. The highest BCUT2D eigenvalue weighted by molar-refractivity contribution is 5.66. The van der Waals surface area contributed by atoms with Gasteiger partial charge in [0.1, 0.15) is 12.7 Å². The summed E-state index contributed by atoms with van der Waals surface area (Å²) in [5.74, 6) is 1.05. The predicted octanol–water partition coefficient (Wildman–Crippen LogP) is -0.192. The molecule has 25 heavy (non-hydrogen) atoms. The lowest BCUT2D eigenvalue weighted by molar-refractivity contribution is -0.153. The molecule has 0 radical (unpaired) electrons. The summed E-state index contributed by atoms with van der Waals surface area (Å²) in [5.41, 5.74) is 1.07. The van der Waals surface area contributed by atoms with Crippen molar-refractivity contribution in [2.45, 2.75) is 38.7 Å². The average molecular weight is 351 g/mol. The molecule has 0 spiro atoms. The number of anilines is 1. The lowest BCUT2D eigenvalue weighted by atomic mass is 10.2. The smallest absolute Gasteiger partial charge is 0.351 e. The first-order valence-corrected chi connectivity index (χ1v) is 7.31. The van der Waals surface area contributed by atoms with Crippen molar-refractivity contribution in [1.29, 1.82) is 0 Å². The van der Waals surface area contributed by atoms with E-state index in [0.29, 0.717) is 0 Å². The average Bonchev–Trinajstić information content (AvgIpc) is 2.94. The van der Waals surface area contributed by atoms with Gasteiger partial charge in [0.2, 0.25) is 0 Å². The highest BCUT2D eigenvalue weighted by Crippen LogP contribution is 2.31. The summed E-state index contributed by atoms with van der Waals surface area (Å²) in [5, 5.41) is 8.96. The predicted molar refractivity (Wildman–Crippen MR) is 82.6 cm³/mol. The van der Waals surface area contributed by atoms with E-state index in [2.05, 4.69) is 10.9 Å². The van der Waals surface area contributed by atoms with Crippen LogP contribution in [-0.2, 0) is 23.8 Å². The maximum Gasteiger partial charge on any atom is 0.351 e. The molecule has 10 heteroatoms. The van der Waals surface area contributed by atoms with Crippen molar-refractivity contribution in [3.63, 3.8) is 0 Å². The van der Waals surface area contributed by atoms with Crippen LogP contribution in [0.5, 0.6) is 0 Å². The zero-order valence-electron chi connectivity index (χ0n) is 13.6. The van der Waals surface area contributed by atoms with Crippen LogP contribution < -0.4 is 11.2 Å². The van der Waals surface area contributed by atoms with Crippen molar-refractivity contribution in [1.82, 2.24) is 9.55 Å². The van der Waals surface area contributed by atoms with Gasteiger partial charge in [0.15, 0.2) is 12.0 Å². The number of ether oxygens (including phenoxy) is 3. The van der Waals surface area contributed by atoms with Crippen LogP contribution in [0.3, 0.4) is 0 Å². The van der Waals surface area contributed by atoms with Crippen LogP contribution in [0.25, 0.3) is 0 Å². The Morgan fingerprint density at radius 2 is 2.24 bits per heavy atom. The summed E-state index contributed by atoms with van der Waals surface area (Å²) in [6.45, 7) is 2.43. The Balaban J connectivity index is 2.33. The number of rotatable bonds is 5. The van der Waals surface area contributed by atoms with Crippen LogP contribution in [0.15, 0.2) is 11.0 Å². The number of terminal acetylenes is 1. The highest BCUT2D eigenvalue weighted by atomic mass is 16.6. The van der Waals surface area contributed by atoms with Crippen LogP contribution in [0.1, 0.15) is 32.1 Å². The van der Waals surface area contributed by atoms with Gasteiger partial charge in [0, 0.05) is 26.5 Å². The van der Waals surface area contributed by atoms with Crippen LogP contribution in [0, 0.1) is 12.3 Å². The van der Waals surface area contributed by atoms with E-state index >= 15 is 0 Å². The van der Waals surface area contributed by atoms with Gasteiger partial charge in [0.25, 0.3) is 0 Å². The maximum absolute atomic E-state index is 12.2. The molecule has 0 saturated carbocycles. The summed E-state index contributed by atoms with van der Waals surface area (Å²) in [4.78, 5) is 38.1. The van der Waals surface area contributed by atoms with Crippen LogP contribution in [-0.4, -0.2) is 45.5 Å². The molecule has 134 valence electrons. The SMILES string of the molecule is C#Cc1cn([C@@H]2O[C@H](COC(C)=O)C[C@H]2OC(C)=O)c(=O)nc1NO. The zero-order chi connectivity index (χ0) is 18.6. The maximum atomic E-state index is 12.2. The van der Waals surface area contributed by atoms with Crippen molar-refractivity contribution in [2.75, 3.05) is 12.1 Å². The van der Waals surface area contributed by atoms with E-state index in [1.807, 2.05) is 0 Å². The lowest BCUT2D eigenvalue weighted by Crippen LogP contribution is -2.34. The fourth-order valence-corrected chi connectivity index (χ4v) is 2.44. The molecule has 2 heterocycles. The minimum absolute atomic E-state index is 0.0515. The number of hydrogen-bond acceptors (Lipinski definition) is 9. The minimum atomic E-state index is -0.996. The summed E-state index contributed by atoms with van der Waals surface area (Å²) < 4.78 is 16.8. The van der Waals surface area contributed by atoms with Gasteiger partial charge < -0.3 is 14.2 Å². The molecule has 10 nitrogen and oxygen atoms in total.